The molecule has 0 heterocycles. The van der Waals surface area contributed by atoms with Crippen molar-refractivity contribution in [3.63, 3.8) is 0 Å². The van der Waals surface area contributed by atoms with Crippen LogP contribution in [0.15, 0.2) is 30.3 Å². The third-order valence-corrected chi connectivity index (χ3v) is 2.03. The van der Waals surface area contributed by atoms with Crippen molar-refractivity contribution in [2.24, 2.45) is 0 Å². The van der Waals surface area contributed by atoms with Gasteiger partial charge in [-0.05, 0) is 0 Å². The smallest absolute Gasteiger partial charge is 0.305 e. The highest BCUT2D eigenvalue weighted by Crippen LogP contribution is 2.21. The highest BCUT2D eigenvalue weighted by molar-refractivity contribution is 5.66. The average Bonchev–Trinajstić information content (AvgIpc) is 2.37. The zero-order valence-corrected chi connectivity index (χ0v) is 9.79. The molecule has 2 atom stereocenters. The number of esters is 1. The summed E-state index contributed by atoms with van der Waals surface area (Å²) in [5.74, 6) is -0.552. The molecule has 94 valence electrons. The van der Waals surface area contributed by atoms with E-state index in [-0.39, 0.29) is 6.42 Å². The van der Waals surface area contributed by atoms with E-state index in [0.717, 1.165) is 0 Å². The molecule has 18 heavy (non-hydrogen) atoms. The molecule has 0 amide bonds. The van der Waals surface area contributed by atoms with Gasteiger partial charge in [0.05, 0.1) is 0 Å². The van der Waals surface area contributed by atoms with Crippen molar-refractivity contribution in [3.05, 3.63) is 35.9 Å². The number of carbonyl (C=O) groups is 1. The van der Waals surface area contributed by atoms with Gasteiger partial charge in [0, 0.05) is 18.9 Å². The van der Waals surface area contributed by atoms with Gasteiger partial charge in [0.2, 0.25) is 18.9 Å². The lowest BCUT2D eigenvalue weighted by Crippen LogP contribution is -2.22. The SMILES string of the molecule is CC(=O)OC(OC([C]=O)C[C]=O)c1ccccc1. The lowest BCUT2D eigenvalue weighted by Gasteiger charge is -2.20. The molecule has 0 aliphatic carbocycles. The molecule has 1 aromatic carbocycles. The lowest BCUT2D eigenvalue weighted by molar-refractivity contribution is -0.183. The van der Waals surface area contributed by atoms with Gasteiger partial charge < -0.3 is 9.47 Å². The van der Waals surface area contributed by atoms with Gasteiger partial charge in [-0.25, -0.2) is 0 Å². The van der Waals surface area contributed by atoms with E-state index in [0.29, 0.717) is 5.56 Å². The van der Waals surface area contributed by atoms with Crippen molar-refractivity contribution in [2.75, 3.05) is 0 Å². The summed E-state index contributed by atoms with van der Waals surface area (Å²) in [6.45, 7) is 1.23. The van der Waals surface area contributed by atoms with Crippen LogP contribution in [0.5, 0.6) is 0 Å². The molecule has 0 N–H and O–H groups in total. The molecule has 2 radical (unpaired) electrons. The zero-order chi connectivity index (χ0) is 13.4. The van der Waals surface area contributed by atoms with Crippen molar-refractivity contribution in [1.82, 2.24) is 0 Å². The molecule has 0 saturated heterocycles. The summed E-state index contributed by atoms with van der Waals surface area (Å²) in [6, 6.07) is 8.62. The molecule has 0 aliphatic heterocycles. The van der Waals surface area contributed by atoms with Crippen molar-refractivity contribution in [2.45, 2.75) is 25.7 Å². The fourth-order valence-electron chi connectivity index (χ4n) is 1.28. The Morgan fingerprint density at radius 3 is 2.44 bits per heavy atom. The highest BCUT2D eigenvalue weighted by Gasteiger charge is 2.21. The number of hydrogen-bond acceptors (Lipinski definition) is 5. The van der Waals surface area contributed by atoms with Gasteiger partial charge in [0.15, 0.2) is 0 Å². The predicted octanol–water partition coefficient (Wildman–Crippen LogP) is 1.24. The Labute approximate surface area is 105 Å². The van der Waals surface area contributed by atoms with Gasteiger partial charge in [0.25, 0.3) is 0 Å². The van der Waals surface area contributed by atoms with Crippen LogP contribution in [0.4, 0.5) is 0 Å². The minimum atomic E-state index is -1.10. The molecular weight excluding hydrogens is 236 g/mol. The minimum absolute atomic E-state index is 0.256. The second-order valence-corrected chi connectivity index (χ2v) is 3.44. The van der Waals surface area contributed by atoms with Crippen LogP contribution in [0.25, 0.3) is 0 Å². The molecular formula is C13H12O5. The summed E-state index contributed by atoms with van der Waals surface area (Å²) in [6.07, 6.45) is 0.702. The van der Waals surface area contributed by atoms with Crippen molar-refractivity contribution in [1.29, 1.82) is 0 Å². The molecule has 5 nitrogen and oxygen atoms in total. The Kier molecular flexibility index (Phi) is 5.73. The van der Waals surface area contributed by atoms with Gasteiger partial charge in [-0.1, -0.05) is 30.3 Å². The molecule has 1 rings (SSSR count). The molecule has 0 spiro atoms. The minimum Gasteiger partial charge on any atom is -0.431 e. The maximum Gasteiger partial charge on any atom is 0.305 e. The summed E-state index contributed by atoms with van der Waals surface area (Å²) in [5, 5.41) is 0. The molecule has 0 saturated carbocycles. The van der Waals surface area contributed by atoms with E-state index in [2.05, 4.69) is 0 Å². The van der Waals surface area contributed by atoms with Gasteiger partial charge in [-0.15, -0.1) is 0 Å². The summed E-state index contributed by atoms with van der Waals surface area (Å²) >= 11 is 0. The summed E-state index contributed by atoms with van der Waals surface area (Å²) < 4.78 is 10.2. The molecule has 1 aromatic rings. The van der Waals surface area contributed by atoms with Gasteiger partial charge in [-0.2, -0.15) is 0 Å². The normalized spacial score (nSPS) is 13.4. The van der Waals surface area contributed by atoms with Crippen LogP contribution in [-0.2, 0) is 23.9 Å². The maximum atomic E-state index is 11.0. The van der Waals surface area contributed by atoms with E-state index in [9.17, 15) is 14.4 Å². The number of carbonyl (C=O) groups excluding carboxylic acids is 3. The number of rotatable bonds is 7. The summed E-state index contributed by atoms with van der Waals surface area (Å²) in [7, 11) is 0. The maximum absolute atomic E-state index is 11.0. The number of benzene rings is 1. The molecule has 5 heteroatoms. The standard InChI is InChI=1S/C13H12O5/c1-10(16)17-13(11-5-3-2-4-6-11)18-12(9-15)7-8-14/h2-6,12-13H,7H2,1H3. The van der Waals surface area contributed by atoms with Crippen LogP contribution in [0.1, 0.15) is 25.2 Å². The van der Waals surface area contributed by atoms with Gasteiger partial charge in [-0.3, -0.25) is 14.4 Å². The van der Waals surface area contributed by atoms with Crippen LogP contribution in [-0.4, -0.2) is 24.6 Å². The van der Waals surface area contributed by atoms with E-state index in [1.165, 1.54) is 6.92 Å². The van der Waals surface area contributed by atoms with E-state index in [1.807, 2.05) is 0 Å². The topological polar surface area (TPSA) is 69.7 Å². The number of ether oxygens (including phenoxy) is 2. The largest absolute Gasteiger partial charge is 0.431 e. The molecule has 2 unspecified atom stereocenters. The monoisotopic (exact) mass is 248 g/mol. The quantitative estimate of drug-likeness (QED) is 0.536. The highest BCUT2D eigenvalue weighted by atomic mass is 16.7. The Balaban J connectivity index is 2.81. The van der Waals surface area contributed by atoms with Crippen molar-refractivity contribution < 1.29 is 23.9 Å². The first kappa shape index (κ1) is 14.1. The van der Waals surface area contributed by atoms with Gasteiger partial charge >= 0.3 is 5.97 Å². The van der Waals surface area contributed by atoms with E-state index >= 15 is 0 Å². The first-order chi connectivity index (χ1) is 8.67. The van der Waals surface area contributed by atoms with Crippen molar-refractivity contribution in [3.8, 4) is 0 Å². The van der Waals surface area contributed by atoms with Crippen LogP contribution in [0.3, 0.4) is 0 Å². The Morgan fingerprint density at radius 2 is 1.94 bits per heavy atom. The van der Waals surface area contributed by atoms with Crippen LogP contribution in [0, 0.1) is 0 Å². The van der Waals surface area contributed by atoms with Crippen LogP contribution in [0.2, 0.25) is 0 Å². The molecule has 0 bridgehead atoms. The summed E-state index contributed by atoms with van der Waals surface area (Å²) in [5.41, 5.74) is 0.568. The van der Waals surface area contributed by atoms with E-state index in [1.54, 1.807) is 42.9 Å². The predicted molar refractivity (Wildman–Crippen MR) is 61.8 cm³/mol. The molecule has 0 aliphatic rings. The molecule has 0 aromatic heterocycles. The van der Waals surface area contributed by atoms with E-state index < -0.39 is 18.4 Å². The fourth-order valence-corrected chi connectivity index (χ4v) is 1.28. The second-order valence-electron chi connectivity index (χ2n) is 3.44. The van der Waals surface area contributed by atoms with Crippen LogP contribution >= 0.6 is 0 Å². The third-order valence-electron chi connectivity index (χ3n) is 2.03. The summed E-state index contributed by atoms with van der Waals surface area (Å²) in [4.78, 5) is 31.8. The zero-order valence-electron chi connectivity index (χ0n) is 9.79. The first-order valence-corrected chi connectivity index (χ1v) is 5.27. The number of hydrogen-bond donors (Lipinski definition) is 0. The Hall–Kier alpha value is -2.01. The molecule has 0 fully saturated rings. The third kappa shape index (κ3) is 4.47. The second kappa shape index (κ2) is 7.34. The lowest BCUT2D eigenvalue weighted by atomic mass is 10.2. The van der Waals surface area contributed by atoms with E-state index in [4.69, 9.17) is 9.47 Å². The van der Waals surface area contributed by atoms with Crippen LogP contribution < -0.4 is 0 Å². The first-order valence-electron chi connectivity index (χ1n) is 5.27. The van der Waals surface area contributed by atoms with Gasteiger partial charge in [0.1, 0.15) is 6.10 Å². The Bertz CT molecular complexity index is 401. The van der Waals surface area contributed by atoms with Crippen molar-refractivity contribution >= 4 is 18.5 Å². The fraction of sp³-hybridized carbons (Fsp3) is 0.308. The average molecular weight is 248 g/mol. The Morgan fingerprint density at radius 1 is 1.28 bits per heavy atom.